The van der Waals surface area contributed by atoms with Gasteiger partial charge in [0.25, 0.3) is 0 Å². The molecule has 0 N–H and O–H groups in total. The van der Waals surface area contributed by atoms with Crippen molar-refractivity contribution in [3.05, 3.63) is 54.7 Å². The fourth-order valence-corrected chi connectivity index (χ4v) is 2.67. The van der Waals surface area contributed by atoms with E-state index in [2.05, 4.69) is 58.2 Å². The zero-order valence-electron chi connectivity index (χ0n) is 9.88. The minimum atomic E-state index is 0.832. The van der Waals surface area contributed by atoms with Crippen molar-refractivity contribution in [1.29, 1.82) is 0 Å². The molecular formula is C16H12N2. The van der Waals surface area contributed by atoms with Crippen molar-refractivity contribution in [2.75, 3.05) is 0 Å². The van der Waals surface area contributed by atoms with E-state index in [0.717, 1.165) is 12.2 Å². The van der Waals surface area contributed by atoms with Gasteiger partial charge >= 0.3 is 0 Å². The molecule has 0 bridgehead atoms. The normalized spacial score (nSPS) is 13.1. The Morgan fingerprint density at radius 1 is 0.944 bits per heavy atom. The highest BCUT2D eigenvalue weighted by molar-refractivity contribution is 6.00. The second kappa shape index (κ2) is 3.57. The molecular weight excluding hydrogens is 220 g/mol. The lowest BCUT2D eigenvalue weighted by Gasteiger charge is -2.06. The van der Waals surface area contributed by atoms with Gasteiger partial charge in [-0.2, -0.15) is 0 Å². The molecule has 2 nitrogen and oxygen atoms in total. The Bertz CT molecular complexity index is 766. The zero-order chi connectivity index (χ0) is 11.9. The lowest BCUT2D eigenvalue weighted by molar-refractivity contribution is 0.892. The minimum absolute atomic E-state index is 0.832. The Morgan fingerprint density at radius 3 is 2.78 bits per heavy atom. The molecule has 2 heterocycles. The van der Waals surface area contributed by atoms with Gasteiger partial charge in [0.05, 0.1) is 17.9 Å². The second-order valence-electron chi connectivity index (χ2n) is 4.55. The Hall–Kier alpha value is -2.35. The molecule has 0 atom stereocenters. The fraction of sp³-hybridized carbons (Fsp3) is 0.0625. The number of rotatable bonds is 0. The van der Waals surface area contributed by atoms with Crippen LogP contribution < -0.4 is 0 Å². The van der Waals surface area contributed by atoms with Gasteiger partial charge in [0, 0.05) is 28.7 Å². The summed E-state index contributed by atoms with van der Waals surface area (Å²) >= 11 is 0. The average Bonchev–Trinajstić information content (AvgIpc) is 2.68. The first-order valence-electron chi connectivity index (χ1n) is 6.13. The summed E-state index contributed by atoms with van der Waals surface area (Å²) in [5.74, 6) is 0. The molecule has 1 aromatic heterocycles. The van der Waals surface area contributed by atoms with E-state index in [1.165, 1.54) is 22.0 Å². The monoisotopic (exact) mass is 232 g/mol. The topological polar surface area (TPSA) is 17.3 Å². The number of nitrogens with zero attached hydrogens (tertiary/aromatic N) is 2. The molecule has 2 heteroatoms. The number of benzene rings is 2. The predicted molar refractivity (Wildman–Crippen MR) is 75.5 cm³/mol. The lowest BCUT2D eigenvalue weighted by Crippen LogP contribution is -1.96. The van der Waals surface area contributed by atoms with Crippen LogP contribution in [0.15, 0.2) is 59.7 Å². The van der Waals surface area contributed by atoms with Crippen molar-refractivity contribution in [2.24, 2.45) is 4.99 Å². The highest BCUT2D eigenvalue weighted by Gasteiger charge is 2.15. The number of hydrogen-bond acceptors (Lipinski definition) is 1. The summed E-state index contributed by atoms with van der Waals surface area (Å²) in [6.07, 6.45) is 4.19. The summed E-state index contributed by atoms with van der Waals surface area (Å²) in [5.41, 5.74) is 3.55. The van der Waals surface area contributed by atoms with Gasteiger partial charge in [0.1, 0.15) is 0 Å². The third-order valence-corrected chi connectivity index (χ3v) is 3.47. The second-order valence-corrected chi connectivity index (χ2v) is 4.55. The van der Waals surface area contributed by atoms with E-state index < -0.39 is 0 Å². The van der Waals surface area contributed by atoms with Gasteiger partial charge in [-0.3, -0.25) is 4.99 Å². The van der Waals surface area contributed by atoms with Crippen LogP contribution in [-0.4, -0.2) is 10.8 Å². The minimum Gasteiger partial charge on any atom is -0.341 e. The van der Waals surface area contributed by atoms with E-state index >= 15 is 0 Å². The summed E-state index contributed by atoms with van der Waals surface area (Å²) in [4.78, 5) is 4.53. The number of para-hydroxylation sites is 1. The summed E-state index contributed by atoms with van der Waals surface area (Å²) in [6.45, 7) is 0.832. The van der Waals surface area contributed by atoms with Crippen LogP contribution in [0.2, 0.25) is 0 Å². The van der Waals surface area contributed by atoms with Gasteiger partial charge in [-0.25, -0.2) is 0 Å². The van der Waals surface area contributed by atoms with Crippen molar-refractivity contribution in [3.63, 3.8) is 0 Å². The van der Waals surface area contributed by atoms with Crippen molar-refractivity contribution in [3.8, 4) is 11.3 Å². The molecule has 1 aliphatic heterocycles. The maximum absolute atomic E-state index is 4.53. The fourth-order valence-electron chi connectivity index (χ4n) is 2.67. The van der Waals surface area contributed by atoms with Crippen LogP contribution in [0.5, 0.6) is 0 Å². The van der Waals surface area contributed by atoms with Gasteiger partial charge < -0.3 is 4.57 Å². The van der Waals surface area contributed by atoms with Crippen LogP contribution in [0.25, 0.3) is 22.0 Å². The molecule has 0 saturated carbocycles. The van der Waals surface area contributed by atoms with Crippen molar-refractivity contribution < 1.29 is 0 Å². The van der Waals surface area contributed by atoms with Gasteiger partial charge in [-0.1, -0.05) is 42.5 Å². The smallest absolute Gasteiger partial charge is 0.0720 e. The number of aliphatic imine (C=N–C) groups is 1. The number of hydrogen-bond donors (Lipinski definition) is 0. The molecule has 0 amide bonds. The molecule has 1 aliphatic rings. The molecule has 0 spiro atoms. The third-order valence-electron chi connectivity index (χ3n) is 3.47. The van der Waals surface area contributed by atoms with Crippen molar-refractivity contribution in [1.82, 2.24) is 4.57 Å². The number of aromatic nitrogens is 1. The first-order chi connectivity index (χ1) is 8.93. The molecule has 86 valence electrons. The molecule has 3 aromatic rings. The van der Waals surface area contributed by atoms with Crippen LogP contribution >= 0.6 is 0 Å². The lowest BCUT2D eigenvalue weighted by atomic mass is 10.1. The number of fused-ring (bicyclic) bond motifs is 5. The SMILES string of the molecule is C1=Nc2ccccc2-c2c3ccccc3cn2C1. The standard InChI is InChI=1S/C16H12N2/c1-2-6-13-12(5-1)11-18-10-9-17-15-8-4-3-7-14(15)16(13)18/h1-9,11H,10H2. The molecule has 4 rings (SSSR count). The molecule has 2 aromatic carbocycles. The summed E-state index contributed by atoms with van der Waals surface area (Å²) < 4.78 is 2.28. The Labute approximate surface area is 105 Å². The highest BCUT2D eigenvalue weighted by atomic mass is 15.0. The van der Waals surface area contributed by atoms with E-state index in [9.17, 15) is 0 Å². The zero-order valence-corrected chi connectivity index (χ0v) is 9.88. The van der Waals surface area contributed by atoms with Gasteiger partial charge in [0.15, 0.2) is 0 Å². The van der Waals surface area contributed by atoms with Crippen LogP contribution in [0.4, 0.5) is 5.69 Å². The van der Waals surface area contributed by atoms with E-state index in [4.69, 9.17) is 0 Å². The molecule has 0 unspecified atom stereocenters. The third kappa shape index (κ3) is 1.26. The summed E-state index contributed by atoms with van der Waals surface area (Å²) in [5, 5.41) is 2.59. The van der Waals surface area contributed by atoms with Crippen molar-refractivity contribution in [2.45, 2.75) is 6.54 Å². The van der Waals surface area contributed by atoms with Crippen LogP contribution in [0, 0.1) is 0 Å². The molecule has 0 fully saturated rings. The first-order valence-corrected chi connectivity index (χ1v) is 6.13. The van der Waals surface area contributed by atoms with Crippen molar-refractivity contribution >= 4 is 22.7 Å². The van der Waals surface area contributed by atoms with E-state index in [0.29, 0.717) is 0 Å². The Balaban J connectivity index is 2.16. The average molecular weight is 232 g/mol. The first kappa shape index (κ1) is 9.66. The summed E-state index contributed by atoms with van der Waals surface area (Å²) in [7, 11) is 0. The molecule has 0 aliphatic carbocycles. The van der Waals surface area contributed by atoms with E-state index in [-0.39, 0.29) is 0 Å². The van der Waals surface area contributed by atoms with Crippen LogP contribution in [-0.2, 0) is 6.54 Å². The Kier molecular flexibility index (Phi) is 1.92. The van der Waals surface area contributed by atoms with Crippen LogP contribution in [0.1, 0.15) is 0 Å². The van der Waals surface area contributed by atoms with Gasteiger partial charge in [-0.05, 0) is 6.07 Å². The maximum Gasteiger partial charge on any atom is 0.0720 e. The largest absolute Gasteiger partial charge is 0.341 e. The quantitative estimate of drug-likeness (QED) is 0.557. The molecule has 18 heavy (non-hydrogen) atoms. The predicted octanol–water partition coefficient (Wildman–Crippen LogP) is 4.02. The van der Waals surface area contributed by atoms with Gasteiger partial charge in [0.2, 0.25) is 0 Å². The molecule has 0 saturated heterocycles. The maximum atomic E-state index is 4.53. The van der Waals surface area contributed by atoms with E-state index in [1.807, 2.05) is 12.3 Å². The van der Waals surface area contributed by atoms with E-state index in [1.54, 1.807) is 0 Å². The Morgan fingerprint density at radius 2 is 1.78 bits per heavy atom. The highest BCUT2D eigenvalue weighted by Crippen LogP contribution is 2.37. The summed E-state index contributed by atoms with van der Waals surface area (Å²) in [6, 6.07) is 16.9. The van der Waals surface area contributed by atoms with Crippen LogP contribution in [0.3, 0.4) is 0 Å². The van der Waals surface area contributed by atoms with Gasteiger partial charge in [-0.15, -0.1) is 0 Å². The molecule has 0 radical (unpaired) electrons.